The summed E-state index contributed by atoms with van der Waals surface area (Å²) in [6, 6.07) is 0. The second-order valence-corrected chi connectivity index (χ2v) is 3.89. The number of esters is 2. The van der Waals surface area contributed by atoms with Gasteiger partial charge in [0, 0.05) is 0 Å². The lowest BCUT2D eigenvalue weighted by Crippen LogP contribution is -2.64. The molecule has 3 atom stereocenters. The summed E-state index contributed by atoms with van der Waals surface area (Å²) in [6.07, 6.45) is -4.41. The van der Waals surface area contributed by atoms with Crippen LogP contribution in [0.1, 0.15) is 6.92 Å². The van der Waals surface area contributed by atoms with Crippen LogP contribution in [0.3, 0.4) is 0 Å². The molecule has 1 heterocycles. The maximum Gasteiger partial charge on any atom is 0.394 e. The van der Waals surface area contributed by atoms with Crippen LogP contribution in [0.5, 0.6) is 0 Å². The van der Waals surface area contributed by atoms with Crippen molar-refractivity contribution in [2.24, 2.45) is 5.73 Å². The van der Waals surface area contributed by atoms with E-state index in [1.54, 1.807) is 0 Å². The first kappa shape index (κ1) is 13.8. The molecule has 17 heavy (non-hydrogen) atoms. The van der Waals surface area contributed by atoms with Gasteiger partial charge in [0.1, 0.15) is 5.54 Å². The highest BCUT2D eigenvalue weighted by molar-refractivity contribution is 5.87. The fraction of sp³-hybridized carbons (Fsp3) is 0.750. The van der Waals surface area contributed by atoms with Gasteiger partial charge in [-0.3, -0.25) is 0 Å². The van der Waals surface area contributed by atoms with Gasteiger partial charge in [0.15, 0.2) is 12.2 Å². The average Bonchev–Trinajstić information content (AvgIpc) is 2.31. The standard InChI is InChI=1S/C8H13NO8/c1-7(9,2-10)8(15)16-5(13)3(11)4(12)6(14)17-8/h3-4,10-12,15H,2,9H2,1H3. The van der Waals surface area contributed by atoms with E-state index in [-0.39, 0.29) is 0 Å². The van der Waals surface area contributed by atoms with E-state index in [2.05, 4.69) is 9.47 Å². The van der Waals surface area contributed by atoms with Crippen LogP contribution in [0.2, 0.25) is 0 Å². The second-order valence-electron chi connectivity index (χ2n) is 3.89. The molecule has 0 aromatic carbocycles. The third-order valence-electron chi connectivity index (χ3n) is 2.31. The van der Waals surface area contributed by atoms with Gasteiger partial charge in [0.2, 0.25) is 0 Å². The van der Waals surface area contributed by atoms with Crippen molar-refractivity contribution in [2.75, 3.05) is 6.61 Å². The number of carbonyl (C=O) groups is 2. The van der Waals surface area contributed by atoms with Crippen LogP contribution in [-0.4, -0.2) is 62.7 Å². The molecule has 9 nitrogen and oxygen atoms in total. The van der Waals surface area contributed by atoms with Crippen molar-refractivity contribution in [3.63, 3.8) is 0 Å². The van der Waals surface area contributed by atoms with Crippen molar-refractivity contribution in [1.29, 1.82) is 0 Å². The molecule has 0 radical (unpaired) electrons. The number of aliphatic hydroxyl groups excluding tert-OH is 3. The second kappa shape index (κ2) is 4.20. The maximum absolute atomic E-state index is 11.2. The first-order valence-corrected chi connectivity index (χ1v) is 4.58. The van der Waals surface area contributed by atoms with E-state index in [1.807, 2.05) is 0 Å². The molecule has 0 spiro atoms. The summed E-state index contributed by atoms with van der Waals surface area (Å²) < 4.78 is 8.57. The van der Waals surface area contributed by atoms with Gasteiger partial charge in [-0.2, -0.15) is 0 Å². The minimum absolute atomic E-state index is 0.893. The smallest absolute Gasteiger partial charge is 0.394 e. The van der Waals surface area contributed by atoms with Crippen molar-refractivity contribution in [3.8, 4) is 0 Å². The topological polar surface area (TPSA) is 160 Å². The predicted octanol–water partition coefficient (Wildman–Crippen LogP) is -3.84. The molecule has 0 saturated carbocycles. The van der Waals surface area contributed by atoms with Gasteiger partial charge in [-0.1, -0.05) is 0 Å². The number of ether oxygens (including phenoxy) is 2. The van der Waals surface area contributed by atoms with Gasteiger partial charge in [-0.15, -0.1) is 0 Å². The van der Waals surface area contributed by atoms with E-state index in [1.165, 1.54) is 0 Å². The summed E-state index contributed by atoms with van der Waals surface area (Å²) in [6.45, 7) is 0.147. The predicted molar refractivity (Wildman–Crippen MR) is 48.8 cm³/mol. The highest BCUT2D eigenvalue weighted by Gasteiger charge is 2.57. The Hall–Kier alpha value is -1.26. The molecule has 1 fully saturated rings. The highest BCUT2D eigenvalue weighted by Crippen LogP contribution is 2.27. The quantitative estimate of drug-likeness (QED) is 0.309. The van der Waals surface area contributed by atoms with Crippen molar-refractivity contribution in [3.05, 3.63) is 0 Å². The largest absolute Gasteiger partial charge is 0.395 e. The molecular weight excluding hydrogens is 238 g/mol. The van der Waals surface area contributed by atoms with Crippen molar-refractivity contribution in [1.82, 2.24) is 0 Å². The third kappa shape index (κ3) is 2.23. The first-order valence-electron chi connectivity index (χ1n) is 4.58. The van der Waals surface area contributed by atoms with E-state index < -0.39 is 42.3 Å². The fourth-order valence-corrected chi connectivity index (χ4v) is 1.01. The zero-order valence-electron chi connectivity index (χ0n) is 8.86. The Bertz CT molecular complexity index is 318. The van der Waals surface area contributed by atoms with E-state index in [0.29, 0.717) is 0 Å². The zero-order valence-corrected chi connectivity index (χ0v) is 8.86. The van der Waals surface area contributed by atoms with E-state index in [4.69, 9.17) is 21.1 Å². The summed E-state index contributed by atoms with van der Waals surface area (Å²) >= 11 is 0. The number of aliphatic hydroxyl groups is 4. The lowest BCUT2D eigenvalue weighted by molar-refractivity contribution is -0.353. The highest BCUT2D eigenvalue weighted by atomic mass is 16.9. The molecule has 1 rings (SSSR count). The molecule has 9 heteroatoms. The van der Waals surface area contributed by atoms with Crippen molar-refractivity contribution >= 4 is 11.9 Å². The number of rotatable bonds is 2. The molecule has 0 amide bonds. The minimum atomic E-state index is -2.98. The summed E-state index contributed by atoms with van der Waals surface area (Å²) in [5.74, 6) is -5.99. The number of nitrogens with two attached hydrogens (primary N) is 1. The molecule has 1 aliphatic rings. The molecule has 0 aromatic rings. The summed E-state index contributed by atoms with van der Waals surface area (Å²) in [4.78, 5) is 22.4. The molecule has 0 bridgehead atoms. The van der Waals surface area contributed by atoms with Crippen LogP contribution in [0.4, 0.5) is 0 Å². The first-order chi connectivity index (χ1) is 7.64. The minimum Gasteiger partial charge on any atom is -0.395 e. The Morgan fingerprint density at radius 3 is 1.94 bits per heavy atom. The Morgan fingerprint density at radius 1 is 1.29 bits per heavy atom. The summed E-state index contributed by atoms with van der Waals surface area (Å²) in [7, 11) is 0. The molecule has 6 N–H and O–H groups in total. The SMILES string of the molecule is CC(N)(CO)C1(O)OC(=O)C(O)C(O)C(=O)O1. The van der Waals surface area contributed by atoms with Crippen LogP contribution < -0.4 is 5.73 Å². The molecular formula is C8H13NO8. The molecule has 98 valence electrons. The van der Waals surface area contributed by atoms with Crippen LogP contribution in [0.25, 0.3) is 0 Å². The Labute approximate surface area is 95.4 Å². The van der Waals surface area contributed by atoms with Crippen molar-refractivity contribution in [2.45, 2.75) is 30.6 Å². The Morgan fingerprint density at radius 2 is 1.65 bits per heavy atom. The zero-order chi connectivity index (χ0) is 13.4. The lowest BCUT2D eigenvalue weighted by Gasteiger charge is -2.36. The molecule has 1 saturated heterocycles. The van der Waals surface area contributed by atoms with Crippen LogP contribution in [0.15, 0.2) is 0 Å². The molecule has 0 aromatic heterocycles. The molecule has 0 aliphatic carbocycles. The normalized spacial score (nSPS) is 37.8. The van der Waals surface area contributed by atoms with E-state index in [9.17, 15) is 14.7 Å². The van der Waals surface area contributed by atoms with Crippen LogP contribution in [-0.2, 0) is 19.1 Å². The van der Waals surface area contributed by atoms with Gasteiger partial charge in [-0.05, 0) is 6.92 Å². The monoisotopic (exact) mass is 251 g/mol. The summed E-state index contributed by atoms with van der Waals surface area (Å²) in [5, 5.41) is 36.9. The lowest BCUT2D eigenvalue weighted by atomic mass is 10.0. The Balaban J connectivity index is 3.12. The molecule has 1 aliphatic heterocycles. The third-order valence-corrected chi connectivity index (χ3v) is 2.31. The summed E-state index contributed by atoms with van der Waals surface area (Å²) in [5.41, 5.74) is 3.37. The number of cyclic esters (lactones) is 2. The Kier molecular flexibility index (Phi) is 3.41. The fourth-order valence-electron chi connectivity index (χ4n) is 1.01. The van der Waals surface area contributed by atoms with Gasteiger partial charge in [0.05, 0.1) is 6.61 Å². The van der Waals surface area contributed by atoms with E-state index >= 15 is 0 Å². The van der Waals surface area contributed by atoms with E-state index in [0.717, 1.165) is 6.92 Å². The van der Waals surface area contributed by atoms with Crippen LogP contribution >= 0.6 is 0 Å². The van der Waals surface area contributed by atoms with Crippen LogP contribution in [0, 0.1) is 0 Å². The number of carbonyl (C=O) groups excluding carboxylic acids is 2. The van der Waals surface area contributed by atoms with Gasteiger partial charge < -0.3 is 35.6 Å². The maximum atomic E-state index is 11.2. The van der Waals surface area contributed by atoms with Crippen molar-refractivity contribution < 1.29 is 39.5 Å². The van der Waals surface area contributed by atoms with Gasteiger partial charge >= 0.3 is 17.9 Å². The molecule has 3 unspecified atom stereocenters. The average molecular weight is 251 g/mol. The van der Waals surface area contributed by atoms with Gasteiger partial charge in [0.25, 0.3) is 0 Å². The number of hydrogen-bond donors (Lipinski definition) is 5. The van der Waals surface area contributed by atoms with Gasteiger partial charge in [-0.25, -0.2) is 9.59 Å². The number of hydrogen-bond acceptors (Lipinski definition) is 9.